The lowest BCUT2D eigenvalue weighted by molar-refractivity contribution is -0.384. The molecular weight excluding hydrogens is 266 g/mol. The number of benzene rings is 2. The molecule has 0 aliphatic carbocycles. The van der Waals surface area contributed by atoms with E-state index in [1.165, 1.54) is 18.2 Å². The van der Waals surface area contributed by atoms with Gasteiger partial charge in [0.2, 0.25) is 0 Å². The molecule has 2 aromatic rings. The third-order valence-electron chi connectivity index (χ3n) is 2.62. The van der Waals surface area contributed by atoms with Crippen molar-refractivity contribution < 1.29 is 4.92 Å². The Kier molecular flexibility index (Phi) is 3.87. The van der Waals surface area contributed by atoms with Crippen molar-refractivity contribution in [3.63, 3.8) is 0 Å². The number of nitrogen functional groups attached to an aromatic ring is 1. The molecule has 5 nitrogen and oxygen atoms in total. The van der Waals surface area contributed by atoms with Gasteiger partial charge in [0.25, 0.3) is 5.69 Å². The topological polar surface area (TPSA) is 81.2 Å². The van der Waals surface area contributed by atoms with Crippen LogP contribution >= 0.6 is 11.6 Å². The Morgan fingerprint density at radius 2 is 1.89 bits per heavy atom. The lowest BCUT2D eigenvalue weighted by atomic mass is 10.2. The van der Waals surface area contributed by atoms with E-state index in [0.717, 1.165) is 5.56 Å². The molecule has 3 N–H and O–H groups in total. The maximum Gasteiger partial charge on any atom is 0.292 e. The number of nitrogens with two attached hydrogens (primary N) is 1. The number of nitrogens with one attached hydrogen (secondary N) is 1. The highest BCUT2D eigenvalue weighted by Gasteiger charge is 2.13. The van der Waals surface area contributed by atoms with Gasteiger partial charge in [0, 0.05) is 23.3 Å². The Labute approximate surface area is 115 Å². The molecule has 2 aromatic carbocycles. The summed E-state index contributed by atoms with van der Waals surface area (Å²) >= 11 is 5.84. The van der Waals surface area contributed by atoms with Crippen LogP contribution in [-0.2, 0) is 6.54 Å². The van der Waals surface area contributed by atoms with Gasteiger partial charge < -0.3 is 11.1 Å². The summed E-state index contributed by atoms with van der Waals surface area (Å²) in [6, 6.07) is 11.7. The standard InChI is InChI=1S/C13H12ClN3O2/c14-10-3-6-13(17(18)19)12(7-10)16-8-9-1-4-11(15)5-2-9/h1-7,16H,8,15H2. The zero-order valence-corrected chi connectivity index (χ0v) is 10.7. The largest absolute Gasteiger partial charge is 0.399 e. The second-order valence-electron chi connectivity index (χ2n) is 4.01. The van der Waals surface area contributed by atoms with Crippen LogP contribution in [0, 0.1) is 10.1 Å². The van der Waals surface area contributed by atoms with E-state index in [1.54, 1.807) is 12.1 Å². The lowest BCUT2D eigenvalue weighted by Gasteiger charge is -2.08. The molecule has 0 aliphatic rings. The molecule has 0 radical (unpaired) electrons. The summed E-state index contributed by atoms with van der Waals surface area (Å²) < 4.78 is 0. The van der Waals surface area contributed by atoms with Crippen LogP contribution < -0.4 is 11.1 Å². The SMILES string of the molecule is Nc1ccc(CNc2cc(Cl)ccc2[N+](=O)[O-])cc1. The number of nitro groups is 1. The number of rotatable bonds is 4. The fourth-order valence-electron chi connectivity index (χ4n) is 1.64. The molecule has 0 saturated heterocycles. The molecule has 2 rings (SSSR count). The number of hydrogen-bond donors (Lipinski definition) is 2. The summed E-state index contributed by atoms with van der Waals surface area (Å²) in [7, 11) is 0. The van der Waals surface area contributed by atoms with Crippen molar-refractivity contribution in [3.8, 4) is 0 Å². The Bertz CT molecular complexity index is 599. The van der Waals surface area contributed by atoms with Crippen molar-refractivity contribution in [3.05, 3.63) is 63.2 Å². The van der Waals surface area contributed by atoms with E-state index >= 15 is 0 Å². The maximum absolute atomic E-state index is 10.9. The van der Waals surface area contributed by atoms with Crippen LogP contribution in [0.1, 0.15) is 5.56 Å². The zero-order valence-electron chi connectivity index (χ0n) is 9.97. The van der Waals surface area contributed by atoms with Gasteiger partial charge in [0.05, 0.1) is 4.92 Å². The van der Waals surface area contributed by atoms with E-state index in [2.05, 4.69) is 5.32 Å². The molecular formula is C13H12ClN3O2. The van der Waals surface area contributed by atoms with Gasteiger partial charge in [-0.3, -0.25) is 10.1 Å². The highest BCUT2D eigenvalue weighted by atomic mass is 35.5. The van der Waals surface area contributed by atoms with Crippen LogP contribution in [0.3, 0.4) is 0 Å². The van der Waals surface area contributed by atoms with E-state index in [0.29, 0.717) is 22.9 Å². The number of anilines is 2. The minimum absolute atomic E-state index is 0.000144. The van der Waals surface area contributed by atoms with Crippen molar-refractivity contribution in [1.29, 1.82) is 0 Å². The van der Waals surface area contributed by atoms with Crippen molar-refractivity contribution in [2.45, 2.75) is 6.54 Å². The molecule has 0 heterocycles. The Balaban J connectivity index is 2.16. The van der Waals surface area contributed by atoms with Crippen molar-refractivity contribution >= 4 is 28.7 Å². The number of nitro benzene ring substituents is 1. The number of nitrogens with zero attached hydrogens (tertiary/aromatic N) is 1. The Morgan fingerprint density at radius 1 is 1.21 bits per heavy atom. The highest BCUT2D eigenvalue weighted by Crippen LogP contribution is 2.28. The predicted octanol–water partition coefficient (Wildman–Crippen LogP) is 3.44. The molecule has 0 spiro atoms. The second-order valence-corrected chi connectivity index (χ2v) is 4.45. The van der Waals surface area contributed by atoms with E-state index in [9.17, 15) is 10.1 Å². The van der Waals surface area contributed by atoms with Gasteiger partial charge in [0.1, 0.15) is 5.69 Å². The minimum Gasteiger partial charge on any atom is -0.399 e. The average Bonchev–Trinajstić information content (AvgIpc) is 2.38. The van der Waals surface area contributed by atoms with Crippen LogP contribution in [0.4, 0.5) is 17.1 Å². The quantitative estimate of drug-likeness (QED) is 0.509. The second kappa shape index (κ2) is 5.58. The summed E-state index contributed by atoms with van der Waals surface area (Å²) in [5.74, 6) is 0. The fraction of sp³-hybridized carbons (Fsp3) is 0.0769. The van der Waals surface area contributed by atoms with Gasteiger partial charge in [-0.2, -0.15) is 0 Å². The molecule has 0 fully saturated rings. The molecule has 0 aromatic heterocycles. The number of halogens is 1. The summed E-state index contributed by atoms with van der Waals surface area (Å²) in [6.07, 6.45) is 0. The van der Waals surface area contributed by atoms with Gasteiger partial charge in [-0.25, -0.2) is 0 Å². The average molecular weight is 278 g/mol. The van der Waals surface area contributed by atoms with Gasteiger partial charge in [-0.1, -0.05) is 23.7 Å². The first-order valence-electron chi connectivity index (χ1n) is 5.58. The van der Waals surface area contributed by atoms with Crippen molar-refractivity contribution in [1.82, 2.24) is 0 Å². The smallest absolute Gasteiger partial charge is 0.292 e. The minimum atomic E-state index is -0.443. The molecule has 0 amide bonds. The molecule has 19 heavy (non-hydrogen) atoms. The molecule has 98 valence electrons. The van der Waals surface area contributed by atoms with E-state index < -0.39 is 4.92 Å². The Morgan fingerprint density at radius 3 is 2.53 bits per heavy atom. The van der Waals surface area contributed by atoms with Crippen LogP contribution in [0.5, 0.6) is 0 Å². The number of hydrogen-bond acceptors (Lipinski definition) is 4. The summed E-state index contributed by atoms with van der Waals surface area (Å²) in [5, 5.41) is 14.3. The van der Waals surface area contributed by atoms with Crippen LogP contribution in [-0.4, -0.2) is 4.92 Å². The Hall–Kier alpha value is -2.27. The summed E-state index contributed by atoms with van der Waals surface area (Å²) in [5.41, 5.74) is 7.64. The zero-order chi connectivity index (χ0) is 13.8. The third kappa shape index (κ3) is 3.35. The van der Waals surface area contributed by atoms with Gasteiger partial charge >= 0.3 is 0 Å². The normalized spacial score (nSPS) is 10.2. The molecule has 6 heteroatoms. The fourth-order valence-corrected chi connectivity index (χ4v) is 1.81. The van der Waals surface area contributed by atoms with Crippen molar-refractivity contribution in [2.24, 2.45) is 0 Å². The van der Waals surface area contributed by atoms with E-state index in [-0.39, 0.29) is 5.69 Å². The summed E-state index contributed by atoms with van der Waals surface area (Å²) in [4.78, 5) is 10.5. The van der Waals surface area contributed by atoms with E-state index in [1.807, 2.05) is 12.1 Å². The van der Waals surface area contributed by atoms with Crippen LogP contribution in [0.25, 0.3) is 0 Å². The monoisotopic (exact) mass is 277 g/mol. The van der Waals surface area contributed by atoms with E-state index in [4.69, 9.17) is 17.3 Å². The lowest BCUT2D eigenvalue weighted by Crippen LogP contribution is -2.02. The molecule has 0 saturated carbocycles. The first kappa shape index (κ1) is 13.2. The summed E-state index contributed by atoms with van der Waals surface area (Å²) in [6.45, 7) is 0.460. The molecule has 0 unspecified atom stereocenters. The first-order chi connectivity index (χ1) is 9.06. The van der Waals surface area contributed by atoms with Crippen LogP contribution in [0.2, 0.25) is 5.02 Å². The van der Waals surface area contributed by atoms with Gasteiger partial charge in [-0.05, 0) is 29.8 Å². The third-order valence-corrected chi connectivity index (χ3v) is 2.85. The molecule has 0 aliphatic heterocycles. The van der Waals surface area contributed by atoms with Crippen LogP contribution in [0.15, 0.2) is 42.5 Å². The molecule has 0 bridgehead atoms. The maximum atomic E-state index is 10.9. The highest BCUT2D eigenvalue weighted by molar-refractivity contribution is 6.31. The van der Waals surface area contributed by atoms with Gasteiger partial charge in [0.15, 0.2) is 0 Å². The predicted molar refractivity (Wildman–Crippen MR) is 76.3 cm³/mol. The van der Waals surface area contributed by atoms with Gasteiger partial charge in [-0.15, -0.1) is 0 Å². The van der Waals surface area contributed by atoms with Crippen molar-refractivity contribution in [2.75, 3.05) is 11.1 Å². The molecule has 0 atom stereocenters. The first-order valence-corrected chi connectivity index (χ1v) is 5.96.